The fourth-order valence-electron chi connectivity index (χ4n) is 4.61. The smallest absolute Gasteiger partial charge is 0.305 e. The van der Waals surface area contributed by atoms with Crippen molar-refractivity contribution in [1.29, 1.82) is 0 Å². The minimum absolute atomic E-state index is 0.0629. The topological polar surface area (TPSA) is 97.0 Å². The molecule has 5 rings (SSSR count). The minimum atomic E-state index is -0.873. The molecule has 172 valence electrons. The maximum atomic E-state index is 11.5. The Labute approximate surface area is 193 Å². The van der Waals surface area contributed by atoms with Crippen molar-refractivity contribution in [1.82, 2.24) is 24.7 Å². The molecule has 1 unspecified atom stereocenters. The first-order chi connectivity index (χ1) is 16.2. The number of hydrogen-bond acceptors (Lipinski definition) is 6. The molecule has 8 nitrogen and oxygen atoms in total. The molecule has 1 N–H and O–H groups in total. The summed E-state index contributed by atoms with van der Waals surface area (Å²) in [5, 5.41) is 14.2. The van der Waals surface area contributed by atoms with Crippen molar-refractivity contribution < 1.29 is 9.90 Å². The molecule has 0 saturated carbocycles. The lowest BCUT2D eigenvalue weighted by molar-refractivity contribution is -0.137. The Morgan fingerprint density at radius 1 is 1.00 bits per heavy atom. The Hall–Kier alpha value is -3.29. The third-order valence-electron chi connectivity index (χ3n) is 6.63. The van der Waals surface area contributed by atoms with Gasteiger partial charge in [0.05, 0.1) is 18.2 Å². The van der Waals surface area contributed by atoms with Crippen molar-refractivity contribution in [3.8, 4) is 0 Å². The normalized spacial score (nSPS) is 16.2. The summed E-state index contributed by atoms with van der Waals surface area (Å²) in [5.74, 6) is -0.168. The molecule has 33 heavy (non-hydrogen) atoms. The van der Waals surface area contributed by atoms with Crippen LogP contribution in [0.4, 0.5) is 5.95 Å². The molecule has 8 heteroatoms. The maximum Gasteiger partial charge on any atom is 0.305 e. The average Bonchev–Trinajstić information content (AvgIpc) is 3.25. The summed E-state index contributed by atoms with van der Waals surface area (Å²) in [6.07, 6.45) is 13.9. The first kappa shape index (κ1) is 21.6. The largest absolute Gasteiger partial charge is 0.481 e. The third kappa shape index (κ3) is 5.05. The van der Waals surface area contributed by atoms with Gasteiger partial charge in [-0.15, -0.1) is 0 Å². The van der Waals surface area contributed by atoms with E-state index in [1.807, 2.05) is 12.3 Å². The van der Waals surface area contributed by atoms with Crippen LogP contribution in [0.3, 0.4) is 0 Å². The number of fused-ring (bicyclic) bond motifs is 1. The number of anilines is 1. The first-order valence-electron chi connectivity index (χ1n) is 12.0. The SMILES string of the molecule is O=C(O)CC(c1cnc(N2CCC2)nc1)n1ccc(CCCc2ccc3c(n2)CCCC3)n1. The number of carbonyl (C=O) groups is 1. The first-order valence-corrected chi connectivity index (χ1v) is 12.0. The second-order valence-corrected chi connectivity index (χ2v) is 9.03. The van der Waals surface area contributed by atoms with Crippen LogP contribution in [-0.2, 0) is 30.5 Å². The highest BCUT2D eigenvalue weighted by molar-refractivity contribution is 5.68. The molecular weight excluding hydrogens is 416 g/mol. The van der Waals surface area contributed by atoms with Crippen molar-refractivity contribution in [2.75, 3.05) is 18.0 Å². The van der Waals surface area contributed by atoms with Crippen LogP contribution in [-0.4, -0.2) is 48.9 Å². The number of aryl methyl sites for hydroxylation is 4. The van der Waals surface area contributed by atoms with Gasteiger partial charge in [-0.3, -0.25) is 14.5 Å². The lowest BCUT2D eigenvalue weighted by atomic mass is 9.95. The summed E-state index contributed by atoms with van der Waals surface area (Å²) in [6, 6.07) is 5.96. The van der Waals surface area contributed by atoms with Gasteiger partial charge in [-0.2, -0.15) is 5.10 Å². The minimum Gasteiger partial charge on any atom is -0.481 e. The highest BCUT2D eigenvalue weighted by Gasteiger charge is 2.22. The number of aliphatic carboxylic acids is 1. The molecule has 3 aromatic rings. The van der Waals surface area contributed by atoms with E-state index in [0.29, 0.717) is 5.95 Å². The molecule has 0 aromatic carbocycles. The Morgan fingerprint density at radius 3 is 2.55 bits per heavy atom. The van der Waals surface area contributed by atoms with Gasteiger partial charge in [-0.1, -0.05) is 6.07 Å². The van der Waals surface area contributed by atoms with E-state index in [1.165, 1.54) is 24.1 Å². The van der Waals surface area contributed by atoms with Gasteiger partial charge in [-0.25, -0.2) is 9.97 Å². The lowest BCUT2D eigenvalue weighted by Gasteiger charge is -2.30. The van der Waals surface area contributed by atoms with Crippen LogP contribution >= 0.6 is 0 Å². The van der Waals surface area contributed by atoms with Gasteiger partial charge < -0.3 is 10.0 Å². The van der Waals surface area contributed by atoms with E-state index >= 15 is 0 Å². The molecule has 1 aliphatic heterocycles. The molecular formula is C25H30N6O2. The fourth-order valence-corrected chi connectivity index (χ4v) is 4.61. The second kappa shape index (κ2) is 9.68. The van der Waals surface area contributed by atoms with Gasteiger partial charge in [0.15, 0.2) is 0 Å². The summed E-state index contributed by atoms with van der Waals surface area (Å²) < 4.78 is 1.74. The Balaban J connectivity index is 1.23. The Kier molecular flexibility index (Phi) is 6.32. The number of hydrogen-bond donors (Lipinski definition) is 1. The number of carboxylic acid groups (broad SMARTS) is 1. The zero-order valence-corrected chi connectivity index (χ0v) is 18.9. The van der Waals surface area contributed by atoms with Crippen LogP contribution in [0.1, 0.15) is 66.4 Å². The zero-order chi connectivity index (χ0) is 22.6. The van der Waals surface area contributed by atoms with Gasteiger partial charge in [-0.05, 0) is 69.1 Å². The van der Waals surface area contributed by atoms with Crippen molar-refractivity contribution in [2.24, 2.45) is 0 Å². The molecule has 0 radical (unpaired) electrons. The molecule has 2 aliphatic rings. The zero-order valence-electron chi connectivity index (χ0n) is 18.9. The van der Waals surface area contributed by atoms with Crippen molar-refractivity contribution >= 4 is 11.9 Å². The third-order valence-corrected chi connectivity index (χ3v) is 6.63. The van der Waals surface area contributed by atoms with Crippen LogP contribution < -0.4 is 4.90 Å². The summed E-state index contributed by atoms with van der Waals surface area (Å²) in [7, 11) is 0. The summed E-state index contributed by atoms with van der Waals surface area (Å²) in [5.41, 5.74) is 5.56. The lowest BCUT2D eigenvalue weighted by Crippen LogP contribution is -2.38. The Bertz CT molecular complexity index is 1110. The van der Waals surface area contributed by atoms with Crippen LogP contribution in [0.2, 0.25) is 0 Å². The van der Waals surface area contributed by atoms with Gasteiger partial charge in [0.1, 0.15) is 0 Å². The van der Waals surface area contributed by atoms with E-state index in [9.17, 15) is 9.90 Å². The molecule has 0 spiro atoms. The van der Waals surface area contributed by atoms with Gasteiger partial charge in [0, 0.05) is 48.6 Å². The van der Waals surface area contributed by atoms with Crippen molar-refractivity contribution in [3.63, 3.8) is 0 Å². The van der Waals surface area contributed by atoms with Crippen LogP contribution in [0.5, 0.6) is 0 Å². The molecule has 1 aliphatic carbocycles. The summed E-state index contributed by atoms with van der Waals surface area (Å²) in [4.78, 5) is 27.4. The molecule has 0 amide bonds. The fraction of sp³-hybridized carbons (Fsp3) is 0.480. The average molecular weight is 447 g/mol. The summed E-state index contributed by atoms with van der Waals surface area (Å²) >= 11 is 0. The van der Waals surface area contributed by atoms with E-state index in [0.717, 1.165) is 68.6 Å². The Morgan fingerprint density at radius 2 is 1.79 bits per heavy atom. The van der Waals surface area contributed by atoms with Crippen molar-refractivity contribution in [3.05, 3.63) is 65.0 Å². The van der Waals surface area contributed by atoms with Gasteiger partial charge >= 0.3 is 5.97 Å². The standard InChI is InChI=1S/C25H30N6O2/c32-24(33)15-23(19-16-26-25(27-17-19)30-12-4-13-30)31-14-11-21(29-31)7-3-6-20-10-9-18-5-1-2-8-22(18)28-20/h9-11,14,16-17,23H,1-8,12-13,15H2,(H,32,33). The molecule has 1 fully saturated rings. The van der Waals surface area contributed by atoms with E-state index in [4.69, 9.17) is 10.1 Å². The highest BCUT2D eigenvalue weighted by Crippen LogP contribution is 2.24. The molecule has 1 saturated heterocycles. The van der Waals surface area contributed by atoms with Gasteiger partial charge in [0.2, 0.25) is 5.95 Å². The number of pyridine rings is 1. The number of aromatic nitrogens is 5. The van der Waals surface area contributed by atoms with Gasteiger partial charge in [0.25, 0.3) is 0 Å². The number of rotatable bonds is 9. The van der Waals surface area contributed by atoms with Crippen molar-refractivity contribution in [2.45, 2.75) is 63.8 Å². The molecule has 0 bridgehead atoms. The molecule has 1 atom stereocenters. The molecule has 4 heterocycles. The summed E-state index contributed by atoms with van der Waals surface area (Å²) in [6.45, 7) is 1.95. The van der Waals surface area contributed by atoms with E-state index in [-0.39, 0.29) is 6.42 Å². The van der Waals surface area contributed by atoms with Crippen LogP contribution in [0, 0.1) is 0 Å². The predicted octanol–water partition coefficient (Wildman–Crippen LogP) is 3.40. The highest BCUT2D eigenvalue weighted by atomic mass is 16.4. The van der Waals surface area contributed by atoms with Crippen LogP contribution in [0.25, 0.3) is 0 Å². The quantitative estimate of drug-likeness (QED) is 0.538. The second-order valence-electron chi connectivity index (χ2n) is 9.03. The number of nitrogens with zero attached hydrogens (tertiary/aromatic N) is 6. The molecule has 3 aromatic heterocycles. The monoisotopic (exact) mass is 446 g/mol. The van der Waals surface area contributed by atoms with Crippen LogP contribution in [0.15, 0.2) is 36.8 Å². The van der Waals surface area contributed by atoms with E-state index in [1.54, 1.807) is 17.1 Å². The number of carboxylic acids is 1. The van der Waals surface area contributed by atoms with E-state index in [2.05, 4.69) is 27.0 Å². The van der Waals surface area contributed by atoms with E-state index < -0.39 is 12.0 Å². The predicted molar refractivity (Wildman–Crippen MR) is 124 cm³/mol. The maximum absolute atomic E-state index is 11.5.